The van der Waals surface area contributed by atoms with Crippen LogP contribution in [0.3, 0.4) is 0 Å². The van der Waals surface area contributed by atoms with E-state index in [0.717, 1.165) is 5.69 Å². The number of hydrogen-bond acceptors (Lipinski definition) is 2. The molecule has 17 heavy (non-hydrogen) atoms. The molecule has 3 nitrogen and oxygen atoms in total. The number of aromatic nitrogens is 1. The largest absolute Gasteiger partial charge is 0.333 e. The molecule has 1 aromatic rings. The molecule has 0 radical (unpaired) electrons. The molecule has 0 fully saturated rings. The van der Waals surface area contributed by atoms with E-state index in [9.17, 15) is 4.79 Å². The highest BCUT2D eigenvalue weighted by Crippen LogP contribution is 2.14. The van der Waals surface area contributed by atoms with E-state index < -0.39 is 0 Å². The summed E-state index contributed by atoms with van der Waals surface area (Å²) < 4.78 is 0. The normalized spacial score (nSPS) is 10.4. The molecule has 4 heteroatoms. The first-order valence-electron chi connectivity index (χ1n) is 5.51. The van der Waals surface area contributed by atoms with Crippen molar-refractivity contribution in [3.63, 3.8) is 0 Å². The van der Waals surface area contributed by atoms with Gasteiger partial charge in [-0.05, 0) is 32.9 Å². The Bertz CT molecular complexity index is 409. The molecule has 1 aromatic heterocycles. The highest BCUT2D eigenvalue weighted by atomic mass is 35.5. The summed E-state index contributed by atoms with van der Waals surface area (Å²) in [5.74, 6) is -0.0488. The summed E-state index contributed by atoms with van der Waals surface area (Å²) >= 11 is 5.85. The molecule has 0 aliphatic carbocycles. The van der Waals surface area contributed by atoms with Crippen molar-refractivity contribution in [3.05, 3.63) is 41.2 Å². The molecule has 1 heterocycles. The number of carbonyl (C=O) groups excluding carboxylic acids is 1. The number of hydrogen-bond donors (Lipinski definition) is 0. The van der Waals surface area contributed by atoms with Crippen LogP contribution in [0.5, 0.6) is 0 Å². The van der Waals surface area contributed by atoms with Gasteiger partial charge in [0.2, 0.25) is 0 Å². The molecule has 0 aromatic carbocycles. The quantitative estimate of drug-likeness (QED) is 0.610. The Morgan fingerprint density at radius 3 is 2.71 bits per heavy atom. The fourth-order valence-electron chi connectivity index (χ4n) is 1.58. The summed E-state index contributed by atoms with van der Waals surface area (Å²) in [6.07, 6.45) is 1.72. The van der Waals surface area contributed by atoms with Crippen LogP contribution in [0.1, 0.15) is 29.9 Å². The smallest absolute Gasteiger partial charge is 0.254 e. The highest BCUT2D eigenvalue weighted by Gasteiger charge is 2.18. The number of carbonyl (C=O) groups is 1. The second-order valence-corrected chi connectivity index (χ2v) is 4.55. The first-order valence-corrected chi connectivity index (χ1v) is 5.89. The maximum atomic E-state index is 12.3. The monoisotopic (exact) mass is 252 g/mol. The summed E-state index contributed by atoms with van der Waals surface area (Å²) in [4.78, 5) is 18.0. The molecule has 0 saturated heterocycles. The van der Waals surface area contributed by atoms with Gasteiger partial charge in [0.1, 0.15) is 5.15 Å². The predicted octanol–water partition coefficient (Wildman–Crippen LogP) is 3.08. The highest BCUT2D eigenvalue weighted by molar-refractivity contribution is 6.29. The standard InChI is InChI=1S/C13H17ClN2O/c1-5-6-16(9(2)3)13(17)11-7-10(4)15-12(14)8-11/h5,7-9H,1,6H2,2-4H3. The number of halogens is 1. The molecule has 0 N–H and O–H groups in total. The van der Waals surface area contributed by atoms with Gasteiger partial charge in [0.15, 0.2) is 0 Å². The zero-order chi connectivity index (χ0) is 13.0. The Kier molecular flexibility index (Phi) is 4.70. The van der Waals surface area contributed by atoms with Crippen molar-refractivity contribution in [1.82, 2.24) is 9.88 Å². The number of rotatable bonds is 4. The zero-order valence-electron chi connectivity index (χ0n) is 10.4. The molecule has 92 valence electrons. The molecule has 0 saturated carbocycles. The van der Waals surface area contributed by atoms with Gasteiger partial charge < -0.3 is 4.90 Å². The summed E-state index contributed by atoms with van der Waals surface area (Å²) in [7, 11) is 0. The number of pyridine rings is 1. The Balaban J connectivity index is 3.04. The lowest BCUT2D eigenvalue weighted by molar-refractivity contribution is 0.0728. The van der Waals surface area contributed by atoms with Gasteiger partial charge in [-0.1, -0.05) is 17.7 Å². The minimum absolute atomic E-state index is 0.0488. The minimum atomic E-state index is -0.0488. The molecule has 0 spiro atoms. The number of nitrogens with zero attached hydrogens (tertiary/aromatic N) is 2. The maximum Gasteiger partial charge on any atom is 0.254 e. The topological polar surface area (TPSA) is 33.2 Å². The van der Waals surface area contributed by atoms with Crippen LogP contribution in [0, 0.1) is 6.92 Å². The van der Waals surface area contributed by atoms with Crippen molar-refractivity contribution < 1.29 is 4.79 Å². The fourth-order valence-corrected chi connectivity index (χ4v) is 1.84. The molecule has 0 unspecified atom stereocenters. The Hall–Kier alpha value is -1.35. The van der Waals surface area contributed by atoms with Gasteiger partial charge in [-0.2, -0.15) is 0 Å². The average Bonchev–Trinajstić information content (AvgIpc) is 2.23. The molecular weight excluding hydrogens is 236 g/mol. The van der Waals surface area contributed by atoms with E-state index in [2.05, 4.69) is 11.6 Å². The Morgan fingerprint density at radius 1 is 1.59 bits per heavy atom. The average molecular weight is 253 g/mol. The molecule has 1 rings (SSSR count). The molecule has 0 aliphatic heterocycles. The van der Waals surface area contributed by atoms with Crippen molar-refractivity contribution >= 4 is 17.5 Å². The number of amides is 1. The lowest BCUT2D eigenvalue weighted by Gasteiger charge is -2.25. The van der Waals surface area contributed by atoms with E-state index in [1.807, 2.05) is 20.8 Å². The van der Waals surface area contributed by atoms with Crippen LogP contribution in [-0.4, -0.2) is 28.4 Å². The molecule has 1 amide bonds. The van der Waals surface area contributed by atoms with Crippen LogP contribution in [0.25, 0.3) is 0 Å². The third-order valence-electron chi connectivity index (χ3n) is 2.38. The Morgan fingerprint density at radius 2 is 2.24 bits per heavy atom. The first-order chi connectivity index (χ1) is 7.95. The Labute approximate surface area is 107 Å². The van der Waals surface area contributed by atoms with E-state index in [1.165, 1.54) is 0 Å². The van der Waals surface area contributed by atoms with E-state index in [0.29, 0.717) is 17.3 Å². The SMILES string of the molecule is C=CCN(C(=O)c1cc(C)nc(Cl)c1)C(C)C. The third-order valence-corrected chi connectivity index (χ3v) is 2.57. The molecular formula is C13H17ClN2O. The van der Waals surface area contributed by atoms with Gasteiger partial charge in [-0.15, -0.1) is 6.58 Å². The second-order valence-electron chi connectivity index (χ2n) is 4.16. The van der Waals surface area contributed by atoms with E-state index in [4.69, 9.17) is 11.6 Å². The lowest BCUT2D eigenvalue weighted by atomic mass is 10.2. The van der Waals surface area contributed by atoms with Gasteiger partial charge in [-0.25, -0.2) is 4.98 Å². The maximum absolute atomic E-state index is 12.3. The van der Waals surface area contributed by atoms with Crippen LogP contribution in [0.4, 0.5) is 0 Å². The third kappa shape index (κ3) is 3.56. The second kappa shape index (κ2) is 5.82. The molecule has 0 bridgehead atoms. The van der Waals surface area contributed by atoms with Gasteiger partial charge >= 0.3 is 0 Å². The molecule has 0 atom stereocenters. The van der Waals surface area contributed by atoms with Gasteiger partial charge in [0.05, 0.1) is 0 Å². The van der Waals surface area contributed by atoms with E-state index in [-0.39, 0.29) is 11.9 Å². The van der Waals surface area contributed by atoms with Gasteiger partial charge in [-0.3, -0.25) is 4.79 Å². The van der Waals surface area contributed by atoms with Crippen LogP contribution in [0.2, 0.25) is 5.15 Å². The van der Waals surface area contributed by atoms with Crippen molar-refractivity contribution in [2.75, 3.05) is 6.54 Å². The fraction of sp³-hybridized carbons (Fsp3) is 0.385. The van der Waals surface area contributed by atoms with Crippen molar-refractivity contribution in [3.8, 4) is 0 Å². The van der Waals surface area contributed by atoms with Crippen LogP contribution in [0.15, 0.2) is 24.8 Å². The van der Waals surface area contributed by atoms with Crippen LogP contribution >= 0.6 is 11.6 Å². The van der Waals surface area contributed by atoms with Crippen LogP contribution < -0.4 is 0 Å². The van der Waals surface area contributed by atoms with Crippen LogP contribution in [-0.2, 0) is 0 Å². The summed E-state index contributed by atoms with van der Waals surface area (Å²) in [5.41, 5.74) is 1.31. The zero-order valence-corrected chi connectivity index (χ0v) is 11.2. The van der Waals surface area contributed by atoms with Gasteiger partial charge in [0.25, 0.3) is 5.91 Å². The molecule has 0 aliphatic rings. The summed E-state index contributed by atoms with van der Waals surface area (Å²) in [5, 5.41) is 0.343. The van der Waals surface area contributed by atoms with E-state index in [1.54, 1.807) is 23.1 Å². The van der Waals surface area contributed by atoms with Crippen molar-refractivity contribution in [2.24, 2.45) is 0 Å². The minimum Gasteiger partial charge on any atom is -0.333 e. The van der Waals surface area contributed by atoms with E-state index >= 15 is 0 Å². The lowest BCUT2D eigenvalue weighted by Crippen LogP contribution is -2.37. The summed E-state index contributed by atoms with van der Waals surface area (Å²) in [6.45, 7) is 9.94. The predicted molar refractivity (Wildman–Crippen MR) is 70.4 cm³/mol. The van der Waals surface area contributed by atoms with Crippen molar-refractivity contribution in [1.29, 1.82) is 0 Å². The number of aryl methyl sites for hydroxylation is 1. The first kappa shape index (κ1) is 13.7. The summed E-state index contributed by atoms with van der Waals surface area (Å²) in [6, 6.07) is 3.45. The van der Waals surface area contributed by atoms with Gasteiger partial charge in [0, 0.05) is 23.8 Å². The van der Waals surface area contributed by atoms with Crippen molar-refractivity contribution in [2.45, 2.75) is 26.8 Å².